The van der Waals surface area contributed by atoms with Crippen molar-refractivity contribution in [2.24, 2.45) is 0 Å². The fraction of sp³-hybridized carbons (Fsp3) is 0.351. The normalized spacial score (nSPS) is 17.7. The van der Waals surface area contributed by atoms with Crippen molar-refractivity contribution in [1.82, 2.24) is 5.32 Å². The van der Waals surface area contributed by atoms with Crippen molar-refractivity contribution in [2.45, 2.75) is 77.2 Å². The van der Waals surface area contributed by atoms with Gasteiger partial charge in [-0.3, -0.25) is 0 Å². The first-order chi connectivity index (χ1) is 18.5. The Morgan fingerprint density at radius 3 is 1.34 bits per heavy atom. The maximum absolute atomic E-state index is 3.80. The molecule has 0 saturated carbocycles. The van der Waals surface area contributed by atoms with Crippen LogP contribution in [-0.2, 0) is 12.8 Å². The monoisotopic (exact) mass is 501 g/mol. The van der Waals surface area contributed by atoms with Gasteiger partial charge in [0.05, 0.1) is 0 Å². The van der Waals surface area contributed by atoms with Crippen molar-refractivity contribution in [1.29, 1.82) is 0 Å². The fourth-order valence-electron chi connectivity index (χ4n) is 6.11. The molecule has 1 saturated heterocycles. The molecule has 0 radical (unpaired) electrons. The summed E-state index contributed by atoms with van der Waals surface area (Å²) in [6.45, 7) is 10.1. The molecule has 1 N–H and O–H groups in total. The average Bonchev–Trinajstić information content (AvgIpc) is 3.46. The second-order valence-electron chi connectivity index (χ2n) is 11.7. The molecule has 1 nitrogen and oxygen atoms in total. The summed E-state index contributed by atoms with van der Waals surface area (Å²) in [4.78, 5) is 0. The lowest BCUT2D eigenvalue weighted by atomic mass is 9.82. The molecule has 1 aliphatic rings. The summed E-state index contributed by atoms with van der Waals surface area (Å²) < 4.78 is 0. The largest absolute Gasteiger partial charge is 0.313 e. The van der Waals surface area contributed by atoms with Crippen LogP contribution in [0, 0.1) is 13.8 Å². The third-order valence-corrected chi connectivity index (χ3v) is 8.56. The Morgan fingerprint density at radius 1 is 0.579 bits per heavy atom. The van der Waals surface area contributed by atoms with Crippen molar-refractivity contribution in [3.63, 3.8) is 0 Å². The van der Waals surface area contributed by atoms with Gasteiger partial charge < -0.3 is 5.32 Å². The van der Waals surface area contributed by atoms with Gasteiger partial charge in [-0.25, -0.2) is 0 Å². The molecule has 1 fully saturated rings. The predicted octanol–water partition coefficient (Wildman–Crippen LogP) is 8.88. The van der Waals surface area contributed by atoms with Gasteiger partial charge in [-0.1, -0.05) is 122 Å². The van der Waals surface area contributed by atoms with E-state index >= 15 is 0 Å². The van der Waals surface area contributed by atoms with E-state index in [-0.39, 0.29) is 0 Å². The molecule has 2 unspecified atom stereocenters. The highest BCUT2D eigenvalue weighted by molar-refractivity contribution is 5.39. The summed E-state index contributed by atoms with van der Waals surface area (Å²) in [6, 6.07) is 37.5. The number of nitrogens with one attached hydrogen (secondary N) is 1. The minimum absolute atomic E-state index is 0.393. The standard InChI is InChI=1S/C37H43N/c1-26-7-15-32(16-8-26)28(3)24-30-11-19-34(20-12-30)37(36-6-5-23-38-36)35-21-13-31(14-22-35)25-29(4)33-17-9-27(2)10-18-33/h7-22,28-29,36-38H,5-6,23-25H2,1-4H3/t28?,29?,36-,37?/m1/s1. The maximum Gasteiger partial charge on any atom is 0.0243 e. The molecule has 3 atom stereocenters. The molecule has 4 aromatic carbocycles. The Kier molecular flexibility index (Phi) is 8.45. The van der Waals surface area contributed by atoms with Gasteiger partial charge in [-0.15, -0.1) is 0 Å². The summed E-state index contributed by atoms with van der Waals surface area (Å²) in [6.07, 6.45) is 4.65. The number of aryl methyl sites for hydroxylation is 2. The van der Waals surface area contributed by atoms with Crippen LogP contribution in [0.4, 0.5) is 0 Å². The van der Waals surface area contributed by atoms with Gasteiger partial charge in [0.15, 0.2) is 0 Å². The topological polar surface area (TPSA) is 12.0 Å². The van der Waals surface area contributed by atoms with Gasteiger partial charge in [0, 0.05) is 12.0 Å². The van der Waals surface area contributed by atoms with Gasteiger partial charge in [0.1, 0.15) is 0 Å². The van der Waals surface area contributed by atoms with Crippen molar-refractivity contribution in [2.75, 3.05) is 6.54 Å². The first-order valence-corrected chi connectivity index (χ1v) is 14.5. The quantitative estimate of drug-likeness (QED) is 0.241. The molecule has 1 heteroatoms. The van der Waals surface area contributed by atoms with E-state index in [0.29, 0.717) is 23.8 Å². The highest BCUT2D eigenvalue weighted by Gasteiger charge is 2.27. The lowest BCUT2D eigenvalue weighted by Crippen LogP contribution is -2.29. The van der Waals surface area contributed by atoms with Gasteiger partial charge in [0.2, 0.25) is 0 Å². The molecule has 0 spiro atoms. The van der Waals surface area contributed by atoms with E-state index in [1.54, 1.807) is 0 Å². The van der Waals surface area contributed by atoms with Crippen LogP contribution in [-0.4, -0.2) is 12.6 Å². The molecule has 1 heterocycles. The van der Waals surface area contributed by atoms with E-state index in [9.17, 15) is 0 Å². The Bertz CT molecular complexity index is 1180. The highest BCUT2D eigenvalue weighted by Crippen LogP contribution is 2.33. The molecular weight excluding hydrogens is 458 g/mol. The van der Waals surface area contributed by atoms with Crippen LogP contribution in [0.1, 0.15) is 89.0 Å². The summed E-state index contributed by atoms with van der Waals surface area (Å²) in [5.41, 5.74) is 11.2. The maximum atomic E-state index is 3.80. The summed E-state index contributed by atoms with van der Waals surface area (Å²) in [7, 11) is 0. The number of hydrogen-bond acceptors (Lipinski definition) is 1. The minimum Gasteiger partial charge on any atom is -0.313 e. The number of benzene rings is 4. The van der Waals surface area contributed by atoms with E-state index in [1.165, 1.54) is 57.3 Å². The predicted molar refractivity (Wildman–Crippen MR) is 162 cm³/mol. The molecule has 0 bridgehead atoms. The van der Waals surface area contributed by atoms with Crippen LogP contribution in [0.25, 0.3) is 0 Å². The first kappa shape index (κ1) is 26.4. The molecule has 0 aromatic heterocycles. The zero-order valence-corrected chi connectivity index (χ0v) is 23.6. The molecule has 196 valence electrons. The Labute approximate surface area is 230 Å². The fourth-order valence-corrected chi connectivity index (χ4v) is 6.11. The Morgan fingerprint density at radius 2 is 0.974 bits per heavy atom. The lowest BCUT2D eigenvalue weighted by Gasteiger charge is -2.26. The van der Waals surface area contributed by atoms with Crippen molar-refractivity contribution in [3.05, 3.63) is 142 Å². The second-order valence-corrected chi connectivity index (χ2v) is 11.7. The van der Waals surface area contributed by atoms with E-state index in [0.717, 1.165) is 19.4 Å². The van der Waals surface area contributed by atoms with Gasteiger partial charge in [-0.05, 0) is 91.3 Å². The third-order valence-electron chi connectivity index (χ3n) is 8.56. The zero-order chi connectivity index (χ0) is 26.5. The smallest absolute Gasteiger partial charge is 0.0243 e. The lowest BCUT2D eigenvalue weighted by molar-refractivity contribution is 0.540. The SMILES string of the molecule is Cc1ccc(C(C)Cc2ccc(C(c3ccc(CC(C)c4ccc(C)cc4)cc3)[C@H]3CCCN3)cc2)cc1. The summed E-state index contributed by atoms with van der Waals surface area (Å²) in [5.74, 6) is 1.43. The van der Waals surface area contributed by atoms with Crippen LogP contribution >= 0.6 is 0 Å². The van der Waals surface area contributed by atoms with E-state index in [1.807, 2.05) is 0 Å². The van der Waals surface area contributed by atoms with Crippen LogP contribution < -0.4 is 5.32 Å². The third kappa shape index (κ3) is 6.45. The van der Waals surface area contributed by atoms with Crippen LogP contribution in [0.15, 0.2) is 97.1 Å². The second kappa shape index (κ2) is 12.1. The van der Waals surface area contributed by atoms with Gasteiger partial charge >= 0.3 is 0 Å². The first-order valence-electron chi connectivity index (χ1n) is 14.5. The van der Waals surface area contributed by atoms with E-state index < -0.39 is 0 Å². The van der Waals surface area contributed by atoms with Gasteiger partial charge in [0.25, 0.3) is 0 Å². The molecule has 1 aliphatic heterocycles. The summed E-state index contributed by atoms with van der Waals surface area (Å²) in [5, 5.41) is 3.80. The number of hydrogen-bond donors (Lipinski definition) is 1. The summed E-state index contributed by atoms with van der Waals surface area (Å²) >= 11 is 0. The molecular formula is C37H43N. The van der Waals surface area contributed by atoms with Crippen molar-refractivity contribution >= 4 is 0 Å². The van der Waals surface area contributed by atoms with E-state index in [2.05, 4.69) is 130 Å². The molecule has 0 aliphatic carbocycles. The van der Waals surface area contributed by atoms with Crippen molar-refractivity contribution in [3.8, 4) is 0 Å². The molecule has 5 rings (SSSR count). The highest BCUT2D eigenvalue weighted by atomic mass is 14.9. The van der Waals surface area contributed by atoms with Crippen LogP contribution in [0.3, 0.4) is 0 Å². The van der Waals surface area contributed by atoms with Gasteiger partial charge in [-0.2, -0.15) is 0 Å². The Balaban J connectivity index is 1.30. The average molecular weight is 502 g/mol. The van der Waals surface area contributed by atoms with Crippen LogP contribution in [0.5, 0.6) is 0 Å². The molecule has 4 aromatic rings. The molecule has 38 heavy (non-hydrogen) atoms. The zero-order valence-electron chi connectivity index (χ0n) is 23.6. The molecule has 0 amide bonds. The Hall–Kier alpha value is -3.16. The minimum atomic E-state index is 0.393. The van der Waals surface area contributed by atoms with Crippen LogP contribution in [0.2, 0.25) is 0 Å². The number of rotatable bonds is 9. The van der Waals surface area contributed by atoms with E-state index in [4.69, 9.17) is 0 Å². The van der Waals surface area contributed by atoms with Crippen molar-refractivity contribution < 1.29 is 0 Å².